The molecule has 0 bridgehead atoms. The van der Waals surface area contributed by atoms with Gasteiger partial charge in [0.15, 0.2) is 0 Å². The van der Waals surface area contributed by atoms with Gasteiger partial charge in [0, 0.05) is 37.6 Å². The van der Waals surface area contributed by atoms with Gasteiger partial charge in [0.1, 0.15) is 0 Å². The second kappa shape index (κ2) is 10.6. The zero-order valence-electron chi connectivity index (χ0n) is 14.1. The molecule has 23 heavy (non-hydrogen) atoms. The topological polar surface area (TPSA) is 79.5 Å². The maximum absolute atomic E-state index is 11.9. The summed E-state index contributed by atoms with van der Waals surface area (Å²) in [7, 11) is 0. The Hall–Kier alpha value is -2.08. The fourth-order valence-electron chi connectivity index (χ4n) is 1.80. The number of anilines is 1. The summed E-state index contributed by atoms with van der Waals surface area (Å²) in [4.78, 5) is 23.6. The van der Waals surface area contributed by atoms with E-state index in [4.69, 9.17) is 4.74 Å². The largest absolute Gasteiger partial charge is 0.382 e. The molecule has 0 heterocycles. The van der Waals surface area contributed by atoms with Crippen LogP contribution in [0, 0.1) is 5.92 Å². The highest BCUT2D eigenvalue weighted by Gasteiger charge is 2.06. The van der Waals surface area contributed by atoms with Crippen LogP contribution in [-0.2, 0) is 4.74 Å². The lowest BCUT2D eigenvalue weighted by molar-refractivity contribution is 0.0949. The minimum Gasteiger partial charge on any atom is -0.382 e. The van der Waals surface area contributed by atoms with Gasteiger partial charge in [0.2, 0.25) is 0 Å². The Morgan fingerprint density at radius 2 is 1.83 bits per heavy atom. The van der Waals surface area contributed by atoms with Crippen LogP contribution in [0.4, 0.5) is 10.5 Å². The van der Waals surface area contributed by atoms with E-state index in [1.54, 1.807) is 24.3 Å². The molecular weight excluding hydrogens is 294 g/mol. The van der Waals surface area contributed by atoms with Crippen molar-refractivity contribution < 1.29 is 14.3 Å². The fraction of sp³-hybridized carbons (Fsp3) is 0.529. The molecule has 0 radical (unpaired) electrons. The third-order valence-corrected chi connectivity index (χ3v) is 3.03. The number of urea groups is 1. The maximum atomic E-state index is 11.9. The van der Waals surface area contributed by atoms with Gasteiger partial charge in [-0.25, -0.2) is 4.79 Å². The molecule has 0 aliphatic carbocycles. The normalized spacial score (nSPS) is 10.4. The van der Waals surface area contributed by atoms with Crippen molar-refractivity contribution in [3.05, 3.63) is 29.8 Å². The van der Waals surface area contributed by atoms with Gasteiger partial charge in [0.05, 0.1) is 0 Å². The van der Waals surface area contributed by atoms with Gasteiger partial charge in [-0.2, -0.15) is 0 Å². The van der Waals surface area contributed by atoms with E-state index in [1.807, 2.05) is 20.8 Å². The Morgan fingerprint density at radius 3 is 2.43 bits per heavy atom. The summed E-state index contributed by atoms with van der Waals surface area (Å²) in [6.07, 6.45) is 0.774. The number of carbonyl (C=O) groups excluding carboxylic acids is 2. The van der Waals surface area contributed by atoms with Crippen molar-refractivity contribution in [2.75, 3.05) is 31.6 Å². The molecule has 1 aromatic carbocycles. The van der Waals surface area contributed by atoms with Gasteiger partial charge in [-0.1, -0.05) is 13.8 Å². The molecule has 128 valence electrons. The molecule has 0 spiro atoms. The molecule has 3 amide bonds. The number of rotatable bonds is 9. The Kier molecular flexibility index (Phi) is 8.75. The standard InChI is InChI=1S/C17H27N3O3/c1-4-23-11-5-10-18-17(22)20-15-8-6-14(7-9-15)16(21)19-12-13(2)3/h6-9,13H,4-5,10-12H2,1-3H3,(H,19,21)(H2,18,20,22). The molecule has 0 atom stereocenters. The summed E-state index contributed by atoms with van der Waals surface area (Å²) in [5.74, 6) is 0.303. The highest BCUT2D eigenvalue weighted by molar-refractivity contribution is 5.95. The number of carbonyl (C=O) groups is 2. The maximum Gasteiger partial charge on any atom is 0.319 e. The monoisotopic (exact) mass is 321 g/mol. The SMILES string of the molecule is CCOCCCNC(=O)Nc1ccc(C(=O)NCC(C)C)cc1. The third-order valence-electron chi connectivity index (χ3n) is 3.03. The Labute approximate surface area is 138 Å². The molecule has 0 aliphatic heterocycles. The summed E-state index contributed by atoms with van der Waals surface area (Å²) in [6.45, 7) is 8.54. The van der Waals surface area contributed by atoms with Gasteiger partial charge >= 0.3 is 6.03 Å². The molecule has 0 saturated heterocycles. The number of benzene rings is 1. The molecule has 1 rings (SSSR count). The average Bonchev–Trinajstić information content (AvgIpc) is 2.53. The summed E-state index contributed by atoms with van der Waals surface area (Å²) >= 11 is 0. The second-order valence-corrected chi connectivity index (χ2v) is 5.61. The Morgan fingerprint density at radius 1 is 1.13 bits per heavy atom. The number of hydrogen-bond acceptors (Lipinski definition) is 3. The molecular formula is C17H27N3O3. The van der Waals surface area contributed by atoms with Crippen LogP contribution in [0.5, 0.6) is 0 Å². The predicted molar refractivity (Wildman–Crippen MR) is 91.7 cm³/mol. The van der Waals surface area contributed by atoms with E-state index in [1.165, 1.54) is 0 Å². The smallest absolute Gasteiger partial charge is 0.319 e. The van der Waals surface area contributed by atoms with E-state index in [0.29, 0.717) is 43.5 Å². The van der Waals surface area contributed by atoms with Crippen molar-refractivity contribution in [3.63, 3.8) is 0 Å². The Balaban J connectivity index is 2.35. The minimum absolute atomic E-state index is 0.106. The van der Waals surface area contributed by atoms with E-state index in [0.717, 1.165) is 6.42 Å². The quantitative estimate of drug-likeness (QED) is 0.612. The molecule has 0 unspecified atom stereocenters. The molecule has 1 aromatic rings. The molecule has 6 nitrogen and oxygen atoms in total. The average molecular weight is 321 g/mol. The van der Waals surface area contributed by atoms with Crippen molar-refractivity contribution in [3.8, 4) is 0 Å². The molecule has 6 heteroatoms. The van der Waals surface area contributed by atoms with Crippen LogP contribution in [-0.4, -0.2) is 38.2 Å². The Bertz CT molecular complexity index is 486. The summed E-state index contributed by atoms with van der Waals surface area (Å²) < 4.78 is 5.19. The zero-order chi connectivity index (χ0) is 17.1. The van der Waals surface area contributed by atoms with E-state index >= 15 is 0 Å². The van der Waals surface area contributed by atoms with Crippen LogP contribution in [0.15, 0.2) is 24.3 Å². The first-order valence-corrected chi connectivity index (χ1v) is 8.03. The van der Waals surface area contributed by atoms with E-state index in [-0.39, 0.29) is 11.9 Å². The second-order valence-electron chi connectivity index (χ2n) is 5.61. The van der Waals surface area contributed by atoms with Gasteiger partial charge in [-0.3, -0.25) is 4.79 Å². The number of ether oxygens (including phenoxy) is 1. The molecule has 0 saturated carbocycles. The molecule has 3 N–H and O–H groups in total. The predicted octanol–water partition coefficient (Wildman–Crippen LogP) is 2.62. The lowest BCUT2D eigenvalue weighted by Crippen LogP contribution is -2.30. The molecule has 0 fully saturated rings. The van der Waals surface area contributed by atoms with Crippen molar-refractivity contribution >= 4 is 17.6 Å². The highest BCUT2D eigenvalue weighted by atomic mass is 16.5. The number of amides is 3. The fourth-order valence-corrected chi connectivity index (χ4v) is 1.80. The van der Waals surface area contributed by atoms with Crippen LogP contribution in [0.25, 0.3) is 0 Å². The van der Waals surface area contributed by atoms with Crippen molar-refractivity contribution in [2.24, 2.45) is 5.92 Å². The van der Waals surface area contributed by atoms with E-state index in [2.05, 4.69) is 16.0 Å². The van der Waals surface area contributed by atoms with Crippen LogP contribution in [0.3, 0.4) is 0 Å². The molecule has 0 aliphatic rings. The van der Waals surface area contributed by atoms with Crippen molar-refractivity contribution in [2.45, 2.75) is 27.2 Å². The summed E-state index contributed by atoms with van der Waals surface area (Å²) in [5.41, 5.74) is 1.22. The highest BCUT2D eigenvalue weighted by Crippen LogP contribution is 2.09. The van der Waals surface area contributed by atoms with Crippen molar-refractivity contribution in [1.29, 1.82) is 0 Å². The van der Waals surface area contributed by atoms with Gasteiger partial charge in [0.25, 0.3) is 5.91 Å². The first-order chi connectivity index (χ1) is 11.0. The lowest BCUT2D eigenvalue weighted by Gasteiger charge is -2.09. The minimum atomic E-state index is -0.265. The van der Waals surface area contributed by atoms with Crippen molar-refractivity contribution in [1.82, 2.24) is 10.6 Å². The van der Waals surface area contributed by atoms with E-state index < -0.39 is 0 Å². The van der Waals surface area contributed by atoms with Gasteiger partial charge in [-0.15, -0.1) is 0 Å². The van der Waals surface area contributed by atoms with E-state index in [9.17, 15) is 9.59 Å². The van der Waals surface area contributed by atoms with Crippen LogP contribution in [0.1, 0.15) is 37.6 Å². The number of nitrogens with one attached hydrogen (secondary N) is 3. The molecule has 0 aromatic heterocycles. The number of hydrogen-bond donors (Lipinski definition) is 3. The zero-order valence-corrected chi connectivity index (χ0v) is 14.1. The first-order valence-electron chi connectivity index (χ1n) is 8.03. The van der Waals surface area contributed by atoms with Crippen LogP contribution < -0.4 is 16.0 Å². The van der Waals surface area contributed by atoms with Gasteiger partial charge in [-0.05, 0) is 43.5 Å². The summed E-state index contributed by atoms with van der Waals surface area (Å²) in [6, 6.07) is 6.55. The third kappa shape index (κ3) is 8.21. The van der Waals surface area contributed by atoms with Crippen LogP contribution >= 0.6 is 0 Å². The lowest BCUT2D eigenvalue weighted by atomic mass is 10.1. The summed E-state index contributed by atoms with van der Waals surface area (Å²) in [5, 5.41) is 8.33. The first kappa shape index (κ1) is 19.0. The van der Waals surface area contributed by atoms with Gasteiger partial charge < -0.3 is 20.7 Å². The van der Waals surface area contributed by atoms with Crippen LogP contribution in [0.2, 0.25) is 0 Å².